The van der Waals surface area contributed by atoms with E-state index in [1.807, 2.05) is 74.4 Å². The average molecular weight is 513 g/mol. The monoisotopic (exact) mass is 512 g/mol. The Hall–Kier alpha value is -4.04. The first-order chi connectivity index (χ1) is 17.8. The van der Waals surface area contributed by atoms with E-state index in [1.165, 1.54) is 16.9 Å². The van der Waals surface area contributed by atoms with Crippen molar-refractivity contribution in [2.75, 3.05) is 25.6 Å². The van der Waals surface area contributed by atoms with Crippen molar-refractivity contribution < 1.29 is 9.53 Å². The molecule has 1 aliphatic heterocycles. The lowest BCUT2D eigenvalue weighted by molar-refractivity contribution is -0.139. The Kier molecular flexibility index (Phi) is 6.52. The van der Waals surface area contributed by atoms with Crippen molar-refractivity contribution >= 4 is 40.0 Å². The fraction of sp³-hybridized carbons (Fsp3) is 0.241. The number of pyridine rings is 1. The number of esters is 1. The van der Waals surface area contributed by atoms with E-state index >= 15 is 0 Å². The van der Waals surface area contributed by atoms with Gasteiger partial charge in [0.2, 0.25) is 0 Å². The molecule has 2 aromatic heterocycles. The minimum atomic E-state index is -0.638. The van der Waals surface area contributed by atoms with Gasteiger partial charge in [0, 0.05) is 25.2 Å². The maximum atomic E-state index is 13.8. The molecule has 0 bridgehead atoms. The zero-order valence-corrected chi connectivity index (χ0v) is 22.3. The Balaban J connectivity index is 1.68. The number of aryl methyl sites for hydroxylation is 1. The van der Waals surface area contributed by atoms with Gasteiger partial charge in [-0.2, -0.15) is 0 Å². The summed E-state index contributed by atoms with van der Waals surface area (Å²) in [4.78, 5) is 38.8. The second-order valence-electron chi connectivity index (χ2n) is 9.22. The Morgan fingerprint density at radius 3 is 2.57 bits per heavy atom. The van der Waals surface area contributed by atoms with Gasteiger partial charge in [-0.1, -0.05) is 41.2 Å². The summed E-state index contributed by atoms with van der Waals surface area (Å²) in [6.45, 7) is 5.84. The number of ether oxygens (including phenoxy) is 1. The molecule has 0 aliphatic carbocycles. The summed E-state index contributed by atoms with van der Waals surface area (Å²) in [5.74, 6) is -0.466. The molecule has 0 fully saturated rings. The van der Waals surface area contributed by atoms with E-state index in [2.05, 4.69) is 11.1 Å². The number of rotatable bonds is 5. The summed E-state index contributed by atoms with van der Waals surface area (Å²) in [6, 6.07) is 17.2. The normalized spacial score (nSPS) is 15.5. The first-order valence-corrected chi connectivity index (χ1v) is 12.9. The molecule has 0 saturated carbocycles. The lowest BCUT2D eigenvalue weighted by atomic mass is 9.95. The SMILES string of the molecule is CCOC(=O)C1=C(C)N=c2sc(=Cc3ccc4cc(C)ccc4n3)c(=O)n2C1c1ccc(N(C)C)cc1. The molecule has 37 heavy (non-hydrogen) atoms. The van der Waals surface area contributed by atoms with Crippen LogP contribution in [0, 0.1) is 6.92 Å². The number of hydrogen-bond donors (Lipinski definition) is 0. The van der Waals surface area contributed by atoms with Gasteiger partial charge in [0.1, 0.15) is 0 Å². The van der Waals surface area contributed by atoms with Crippen molar-refractivity contribution in [2.24, 2.45) is 4.99 Å². The minimum Gasteiger partial charge on any atom is -0.463 e. The van der Waals surface area contributed by atoms with Crippen molar-refractivity contribution in [3.8, 4) is 0 Å². The molecular weight excluding hydrogens is 484 g/mol. The summed E-state index contributed by atoms with van der Waals surface area (Å²) in [7, 11) is 3.93. The number of thiazole rings is 1. The second-order valence-corrected chi connectivity index (χ2v) is 10.2. The Morgan fingerprint density at radius 2 is 1.86 bits per heavy atom. The molecule has 0 saturated heterocycles. The third-order valence-corrected chi connectivity index (χ3v) is 7.37. The highest BCUT2D eigenvalue weighted by atomic mass is 32.1. The van der Waals surface area contributed by atoms with Crippen molar-refractivity contribution in [3.63, 3.8) is 0 Å². The summed E-state index contributed by atoms with van der Waals surface area (Å²) in [5, 5.41) is 1.05. The second kappa shape index (κ2) is 9.78. The molecule has 0 N–H and O–H groups in total. The molecule has 1 aliphatic rings. The van der Waals surface area contributed by atoms with E-state index in [1.54, 1.807) is 24.5 Å². The van der Waals surface area contributed by atoms with Crippen LogP contribution in [0.2, 0.25) is 0 Å². The van der Waals surface area contributed by atoms with Crippen molar-refractivity contribution in [1.82, 2.24) is 9.55 Å². The van der Waals surface area contributed by atoms with Crippen molar-refractivity contribution in [3.05, 3.63) is 102 Å². The first kappa shape index (κ1) is 24.6. The molecule has 3 heterocycles. The summed E-state index contributed by atoms with van der Waals surface area (Å²) < 4.78 is 7.48. The van der Waals surface area contributed by atoms with Crippen LogP contribution < -0.4 is 19.8 Å². The maximum Gasteiger partial charge on any atom is 0.338 e. The number of anilines is 1. The predicted octanol–water partition coefficient (Wildman–Crippen LogP) is 3.72. The van der Waals surface area contributed by atoms with Crippen molar-refractivity contribution in [1.29, 1.82) is 0 Å². The highest BCUT2D eigenvalue weighted by Crippen LogP contribution is 2.31. The van der Waals surface area contributed by atoms with E-state index in [-0.39, 0.29) is 12.2 Å². The molecule has 0 radical (unpaired) electrons. The fourth-order valence-electron chi connectivity index (χ4n) is 4.54. The highest BCUT2D eigenvalue weighted by Gasteiger charge is 2.33. The van der Waals surface area contributed by atoms with Gasteiger partial charge in [-0.3, -0.25) is 9.36 Å². The number of aromatic nitrogens is 2. The molecule has 1 unspecified atom stereocenters. The van der Waals surface area contributed by atoms with Crippen LogP contribution in [0.15, 0.2) is 75.7 Å². The number of allylic oxidation sites excluding steroid dienone is 1. The molecule has 0 spiro atoms. The van der Waals surface area contributed by atoms with E-state index in [9.17, 15) is 9.59 Å². The number of nitrogens with zero attached hydrogens (tertiary/aromatic N) is 4. The summed E-state index contributed by atoms with van der Waals surface area (Å²) in [5.41, 5.74) is 5.26. The van der Waals surface area contributed by atoms with Gasteiger partial charge in [0.05, 0.1) is 39.7 Å². The number of fused-ring (bicyclic) bond motifs is 2. The van der Waals surface area contributed by atoms with Gasteiger partial charge < -0.3 is 9.64 Å². The maximum absolute atomic E-state index is 13.8. The van der Waals surface area contributed by atoms with Gasteiger partial charge in [-0.15, -0.1) is 0 Å². The number of carbonyl (C=O) groups excluding carboxylic acids is 1. The zero-order valence-electron chi connectivity index (χ0n) is 21.5. The quantitative estimate of drug-likeness (QED) is 0.381. The lowest BCUT2D eigenvalue weighted by Gasteiger charge is -2.25. The van der Waals surface area contributed by atoms with Crippen LogP contribution in [0.25, 0.3) is 17.0 Å². The Labute approximate surface area is 218 Å². The number of benzene rings is 2. The van der Waals surface area contributed by atoms with Crippen LogP contribution in [0.3, 0.4) is 0 Å². The summed E-state index contributed by atoms with van der Waals surface area (Å²) >= 11 is 1.30. The topological polar surface area (TPSA) is 76.8 Å². The lowest BCUT2D eigenvalue weighted by Crippen LogP contribution is -2.40. The van der Waals surface area contributed by atoms with Crippen LogP contribution in [0.1, 0.15) is 36.7 Å². The molecule has 5 rings (SSSR count). The molecule has 7 nitrogen and oxygen atoms in total. The van der Waals surface area contributed by atoms with Gasteiger partial charge in [0.25, 0.3) is 5.56 Å². The number of carbonyl (C=O) groups is 1. The van der Waals surface area contributed by atoms with Crippen molar-refractivity contribution in [2.45, 2.75) is 26.8 Å². The van der Waals surface area contributed by atoms with Crippen LogP contribution in [-0.4, -0.2) is 36.2 Å². The highest BCUT2D eigenvalue weighted by molar-refractivity contribution is 7.07. The third kappa shape index (κ3) is 4.60. The standard InChI is InChI=1S/C29H28N4O3S/c1-6-36-28(35)25-18(3)30-29-33(26(25)19-9-12-22(13-10-19)32(4)5)27(34)24(37-29)16-21-11-8-20-15-17(2)7-14-23(20)31-21/h7-16,26H,6H2,1-5H3. The molecular formula is C29H28N4O3S. The van der Waals surface area contributed by atoms with Gasteiger partial charge in [-0.05, 0) is 62.7 Å². The van der Waals surface area contributed by atoms with Crippen LogP contribution in [-0.2, 0) is 9.53 Å². The minimum absolute atomic E-state index is 0.217. The molecule has 2 aromatic carbocycles. The van der Waals surface area contributed by atoms with Gasteiger partial charge in [-0.25, -0.2) is 14.8 Å². The number of hydrogen-bond acceptors (Lipinski definition) is 7. The van der Waals surface area contributed by atoms with Gasteiger partial charge in [0.15, 0.2) is 4.80 Å². The molecule has 0 amide bonds. The van der Waals surface area contributed by atoms with Crippen LogP contribution >= 0.6 is 11.3 Å². The van der Waals surface area contributed by atoms with E-state index in [0.29, 0.717) is 26.3 Å². The Bertz CT molecular complexity index is 1730. The van der Waals surface area contributed by atoms with Crippen LogP contribution in [0.4, 0.5) is 5.69 Å². The Morgan fingerprint density at radius 1 is 1.11 bits per heavy atom. The smallest absolute Gasteiger partial charge is 0.338 e. The average Bonchev–Trinajstić information content (AvgIpc) is 3.17. The first-order valence-electron chi connectivity index (χ1n) is 12.1. The van der Waals surface area contributed by atoms with E-state index in [0.717, 1.165) is 22.2 Å². The zero-order chi connectivity index (χ0) is 26.3. The predicted molar refractivity (Wildman–Crippen MR) is 148 cm³/mol. The molecule has 4 aromatic rings. The van der Waals surface area contributed by atoms with E-state index in [4.69, 9.17) is 9.72 Å². The van der Waals surface area contributed by atoms with E-state index < -0.39 is 12.0 Å². The largest absolute Gasteiger partial charge is 0.463 e. The fourth-order valence-corrected chi connectivity index (χ4v) is 5.57. The summed E-state index contributed by atoms with van der Waals surface area (Å²) in [6.07, 6.45) is 1.79. The van der Waals surface area contributed by atoms with Crippen LogP contribution in [0.5, 0.6) is 0 Å². The van der Waals surface area contributed by atoms with Gasteiger partial charge >= 0.3 is 5.97 Å². The molecule has 1 atom stereocenters. The third-order valence-electron chi connectivity index (χ3n) is 6.39. The molecule has 188 valence electrons. The molecule has 8 heteroatoms.